The van der Waals surface area contributed by atoms with Crippen LogP contribution in [-0.2, 0) is 13.1 Å². The van der Waals surface area contributed by atoms with E-state index in [4.69, 9.17) is 0 Å². The highest BCUT2D eigenvalue weighted by Crippen LogP contribution is 2.22. The number of aromatic amines is 1. The molecular weight excluding hydrogens is 382 g/mol. The van der Waals surface area contributed by atoms with E-state index in [1.165, 1.54) is 17.0 Å². The van der Waals surface area contributed by atoms with E-state index in [1.54, 1.807) is 24.5 Å². The van der Waals surface area contributed by atoms with E-state index in [0.29, 0.717) is 12.2 Å². The first-order valence-corrected chi connectivity index (χ1v) is 9.40. The molecule has 0 spiro atoms. The lowest BCUT2D eigenvalue weighted by Crippen LogP contribution is -2.32. The lowest BCUT2D eigenvalue weighted by Gasteiger charge is -2.14. The van der Waals surface area contributed by atoms with Crippen LogP contribution in [0.2, 0.25) is 0 Å². The summed E-state index contributed by atoms with van der Waals surface area (Å²) in [7, 11) is 3.83. The molecule has 152 valence electrons. The Hall–Kier alpha value is -4.01. The van der Waals surface area contributed by atoms with Gasteiger partial charge in [0.2, 0.25) is 0 Å². The Bertz CT molecular complexity index is 1250. The van der Waals surface area contributed by atoms with Gasteiger partial charge in [-0.3, -0.25) is 14.7 Å². The van der Waals surface area contributed by atoms with Gasteiger partial charge in [-0.15, -0.1) is 0 Å². The SMILES string of the molecule is CN(C)c1ncnc2ccc(CNC(=O)c3cccn(Cc4cc[nH]n4)c3=O)cc12. The van der Waals surface area contributed by atoms with Gasteiger partial charge < -0.3 is 14.8 Å². The molecule has 0 fully saturated rings. The molecule has 1 amide bonds. The van der Waals surface area contributed by atoms with E-state index in [2.05, 4.69) is 25.5 Å². The molecule has 9 heteroatoms. The first-order chi connectivity index (χ1) is 14.5. The molecule has 0 aliphatic rings. The van der Waals surface area contributed by atoms with Gasteiger partial charge >= 0.3 is 0 Å². The van der Waals surface area contributed by atoms with E-state index in [9.17, 15) is 9.59 Å². The average Bonchev–Trinajstić information content (AvgIpc) is 3.26. The summed E-state index contributed by atoms with van der Waals surface area (Å²) >= 11 is 0. The molecule has 3 heterocycles. The number of nitrogens with one attached hydrogen (secondary N) is 2. The zero-order valence-electron chi connectivity index (χ0n) is 16.7. The molecule has 0 aliphatic carbocycles. The third-order valence-electron chi connectivity index (χ3n) is 4.71. The molecule has 0 radical (unpaired) electrons. The molecular formula is C21H21N7O2. The lowest BCUT2D eigenvalue weighted by atomic mass is 10.1. The zero-order valence-corrected chi connectivity index (χ0v) is 16.7. The predicted octanol–water partition coefficient (Wildman–Crippen LogP) is 1.56. The number of hydrogen-bond donors (Lipinski definition) is 2. The molecule has 9 nitrogen and oxygen atoms in total. The number of pyridine rings is 1. The first-order valence-electron chi connectivity index (χ1n) is 9.40. The number of amides is 1. The maximum Gasteiger partial charge on any atom is 0.263 e. The highest BCUT2D eigenvalue weighted by Gasteiger charge is 2.13. The fourth-order valence-electron chi connectivity index (χ4n) is 3.22. The van der Waals surface area contributed by atoms with Gasteiger partial charge in [-0.1, -0.05) is 6.07 Å². The van der Waals surface area contributed by atoms with Crippen molar-refractivity contribution in [1.82, 2.24) is 30.0 Å². The smallest absolute Gasteiger partial charge is 0.263 e. The maximum atomic E-state index is 12.7. The van der Waals surface area contributed by atoms with Crippen molar-refractivity contribution in [2.75, 3.05) is 19.0 Å². The monoisotopic (exact) mass is 403 g/mol. The number of benzene rings is 1. The Balaban J connectivity index is 1.52. The largest absolute Gasteiger partial charge is 0.362 e. The average molecular weight is 403 g/mol. The molecule has 0 saturated carbocycles. The predicted molar refractivity (Wildman–Crippen MR) is 113 cm³/mol. The second kappa shape index (κ2) is 8.16. The third kappa shape index (κ3) is 3.90. The van der Waals surface area contributed by atoms with Gasteiger partial charge in [0.1, 0.15) is 17.7 Å². The quantitative estimate of drug-likeness (QED) is 0.506. The van der Waals surface area contributed by atoms with Crippen LogP contribution < -0.4 is 15.8 Å². The minimum atomic E-state index is -0.423. The van der Waals surface area contributed by atoms with E-state index in [1.807, 2.05) is 37.2 Å². The van der Waals surface area contributed by atoms with Crippen LogP contribution in [0, 0.1) is 0 Å². The molecule has 1 aromatic carbocycles. The highest BCUT2D eigenvalue weighted by molar-refractivity contribution is 5.94. The van der Waals surface area contributed by atoms with Gasteiger partial charge in [0.15, 0.2) is 0 Å². The molecule has 2 N–H and O–H groups in total. The van der Waals surface area contributed by atoms with E-state index in [-0.39, 0.29) is 17.7 Å². The number of anilines is 1. The Morgan fingerprint density at radius 3 is 2.83 bits per heavy atom. The molecule has 0 saturated heterocycles. The Morgan fingerprint density at radius 2 is 2.07 bits per heavy atom. The van der Waals surface area contributed by atoms with Crippen molar-refractivity contribution in [2.24, 2.45) is 0 Å². The maximum absolute atomic E-state index is 12.7. The molecule has 30 heavy (non-hydrogen) atoms. The first kappa shape index (κ1) is 19.3. The van der Waals surface area contributed by atoms with E-state index >= 15 is 0 Å². The summed E-state index contributed by atoms with van der Waals surface area (Å²) in [6.07, 6.45) is 4.86. The van der Waals surface area contributed by atoms with Gasteiger partial charge in [-0.05, 0) is 35.9 Å². The van der Waals surface area contributed by atoms with Crippen molar-refractivity contribution in [3.05, 3.63) is 82.3 Å². The van der Waals surface area contributed by atoms with Crippen LogP contribution in [0.4, 0.5) is 5.82 Å². The number of aromatic nitrogens is 5. The summed E-state index contributed by atoms with van der Waals surface area (Å²) in [5.41, 5.74) is 2.16. The summed E-state index contributed by atoms with van der Waals surface area (Å²) in [5.74, 6) is 0.381. The van der Waals surface area contributed by atoms with Crippen molar-refractivity contribution in [1.29, 1.82) is 0 Å². The van der Waals surface area contributed by atoms with Crippen LogP contribution >= 0.6 is 0 Å². The van der Waals surface area contributed by atoms with Crippen molar-refractivity contribution in [2.45, 2.75) is 13.1 Å². The summed E-state index contributed by atoms with van der Waals surface area (Å²) < 4.78 is 1.46. The van der Waals surface area contributed by atoms with Crippen molar-refractivity contribution in [3.63, 3.8) is 0 Å². The zero-order chi connectivity index (χ0) is 21.1. The van der Waals surface area contributed by atoms with Gasteiger partial charge in [0.05, 0.1) is 17.8 Å². The molecule has 0 atom stereocenters. The molecule has 4 aromatic rings. The van der Waals surface area contributed by atoms with Gasteiger partial charge in [0.25, 0.3) is 11.5 Å². The topological polar surface area (TPSA) is 109 Å². The molecule has 0 bridgehead atoms. The number of fused-ring (bicyclic) bond motifs is 1. The van der Waals surface area contributed by atoms with Crippen LogP contribution in [0.5, 0.6) is 0 Å². The molecule has 4 rings (SSSR count). The number of H-pyrrole nitrogens is 1. The molecule has 0 aliphatic heterocycles. The number of hydrogen-bond acceptors (Lipinski definition) is 6. The van der Waals surface area contributed by atoms with Crippen molar-refractivity contribution in [3.8, 4) is 0 Å². The van der Waals surface area contributed by atoms with E-state index in [0.717, 1.165) is 22.3 Å². The lowest BCUT2D eigenvalue weighted by molar-refractivity contribution is 0.0949. The fraction of sp³-hybridized carbons (Fsp3) is 0.190. The molecule has 3 aromatic heterocycles. The van der Waals surface area contributed by atoms with Crippen molar-refractivity contribution >= 4 is 22.6 Å². The highest BCUT2D eigenvalue weighted by atomic mass is 16.2. The summed E-state index contributed by atoms with van der Waals surface area (Å²) in [5, 5.41) is 10.5. The normalized spacial score (nSPS) is 10.9. The van der Waals surface area contributed by atoms with Crippen molar-refractivity contribution < 1.29 is 4.79 Å². The van der Waals surface area contributed by atoms with Crippen LogP contribution in [0.25, 0.3) is 10.9 Å². The number of carbonyl (C=O) groups excluding carboxylic acids is 1. The van der Waals surface area contributed by atoms with Crippen LogP contribution in [0.3, 0.4) is 0 Å². The summed E-state index contributed by atoms with van der Waals surface area (Å²) in [6.45, 7) is 0.575. The van der Waals surface area contributed by atoms with Gasteiger partial charge in [0, 0.05) is 38.4 Å². The van der Waals surface area contributed by atoms with Crippen LogP contribution in [0.15, 0.2) is 59.9 Å². The minimum Gasteiger partial charge on any atom is -0.362 e. The Kier molecular flexibility index (Phi) is 5.25. The third-order valence-corrected chi connectivity index (χ3v) is 4.71. The Morgan fingerprint density at radius 1 is 1.20 bits per heavy atom. The number of rotatable bonds is 6. The second-order valence-electron chi connectivity index (χ2n) is 7.05. The summed E-state index contributed by atoms with van der Waals surface area (Å²) in [4.78, 5) is 35.9. The fourth-order valence-corrected chi connectivity index (χ4v) is 3.22. The summed E-state index contributed by atoms with van der Waals surface area (Å²) in [6, 6.07) is 10.7. The van der Waals surface area contributed by atoms with Gasteiger partial charge in [-0.25, -0.2) is 9.97 Å². The Labute approximate surface area is 172 Å². The number of nitrogens with zero attached hydrogens (tertiary/aromatic N) is 5. The van der Waals surface area contributed by atoms with E-state index < -0.39 is 5.91 Å². The second-order valence-corrected chi connectivity index (χ2v) is 7.05. The van der Waals surface area contributed by atoms with Gasteiger partial charge in [-0.2, -0.15) is 5.10 Å². The van der Waals surface area contributed by atoms with Crippen LogP contribution in [0.1, 0.15) is 21.6 Å². The number of carbonyl (C=O) groups is 1. The van der Waals surface area contributed by atoms with Crippen LogP contribution in [-0.4, -0.2) is 44.7 Å². The minimum absolute atomic E-state index is 0.0890. The standard InChI is InChI=1S/C21H21N7O2/c1-27(2)19-17-10-14(5-6-18(17)23-13-24-19)11-22-20(29)16-4-3-9-28(21(16)30)12-15-7-8-25-26-15/h3-10,13H,11-12H2,1-2H3,(H,22,29)(H,25,26). The molecule has 0 unspecified atom stereocenters.